The summed E-state index contributed by atoms with van der Waals surface area (Å²) in [5.41, 5.74) is 2.72. The lowest BCUT2D eigenvalue weighted by Crippen LogP contribution is -2.28. The van der Waals surface area contributed by atoms with Crippen LogP contribution in [0.25, 0.3) is 16.7 Å². The minimum atomic E-state index is -0.211. The van der Waals surface area contributed by atoms with Crippen LogP contribution in [-0.4, -0.2) is 43.3 Å². The zero-order chi connectivity index (χ0) is 26.5. The summed E-state index contributed by atoms with van der Waals surface area (Å²) in [6.07, 6.45) is 1.67. The maximum atomic E-state index is 13.3. The van der Waals surface area contributed by atoms with E-state index >= 15 is 0 Å². The number of carbonyl (C=O) groups is 2. The van der Waals surface area contributed by atoms with Gasteiger partial charge in [-0.25, -0.2) is 0 Å². The Morgan fingerprint density at radius 2 is 1.81 bits per heavy atom. The number of anilines is 1. The molecule has 2 N–H and O–H groups in total. The van der Waals surface area contributed by atoms with Crippen molar-refractivity contribution in [3.63, 3.8) is 0 Å². The summed E-state index contributed by atoms with van der Waals surface area (Å²) in [6.45, 7) is 9.14. The van der Waals surface area contributed by atoms with Crippen molar-refractivity contribution >= 4 is 45.9 Å². The lowest BCUT2D eigenvalue weighted by Gasteiger charge is -2.12. The number of fused-ring (bicyclic) bond motifs is 3. The van der Waals surface area contributed by atoms with E-state index in [1.165, 1.54) is 17.3 Å². The van der Waals surface area contributed by atoms with Gasteiger partial charge in [0.15, 0.2) is 5.16 Å². The van der Waals surface area contributed by atoms with E-state index in [0.717, 1.165) is 18.5 Å². The van der Waals surface area contributed by atoms with Gasteiger partial charge in [0.2, 0.25) is 11.7 Å². The SMILES string of the molecule is CCCn1c(=O)c2ccc(C(=O)NCC(C)C)cc2n2c(SCC(=O)Nc3ccc(CC)cc3)nnc12. The Hall–Kier alpha value is -3.66. The molecule has 10 heteroatoms. The number of hydrogen-bond acceptors (Lipinski definition) is 6. The molecule has 0 unspecified atom stereocenters. The number of rotatable bonds is 10. The molecule has 194 valence electrons. The van der Waals surface area contributed by atoms with E-state index < -0.39 is 0 Å². The molecule has 0 aliphatic carbocycles. The summed E-state index contributed by atoms with van der Waals surface area (Å²) in [5, 5.41) is 15.3. The van der Waals surface area contributed by atoms with E-state index in [4.69, 9.17) is 0 Å². The third-order valence-electron chi connectivity index (χ3n) is 5.93. The highest BCUT2D eigenvalue weighted by Gasteiger charge is 2.19. The maximum Gasteiger partial charge on any atom is 0.262 e. The van der Waals surface area contributed by atoms with Crippen molar-refractivity contribution < 1.29 is 9.59 Å². The number of amides is 2. The van der Waals surface area contributed by atoms with Gasteiger partial charge in [0.25, 0.3) is 11.5 Å². The smallest absolute Gasteiger partial charge is 0.262 e. The number of aryl methyl sites for hydroxylation is 2. The fourth-order valence-corrected chi connectivity index (χ4v) is 4.73. The molecule has 0 aliphatic heterocycles. The van der Waals surface area contributed by atoms with Gasteiger partial charge in [0.05, 0.1) is 16.7 Å². The van der Waals surface area contributed by atoms with Crippen LogP contribution >= 0.6 is 11.8 Å². The number of nitrogens with one attached hydrogen (secondary N) is 2. The Morgan fingerprint density at radius 1 is 1.05 bits per heavy atom. The van der Waals surface area contributed by atoms with Crippen LogP contribution in [0.15, 0.2) is 52.4 Å². The van der Waals surface area contributed by atoms with Crippen molar-refractivity contribution in [1.29, 1.82) is 0 Å². The minimum Gasteiger partial charge on any atom is -0.352 e. The van der Waals surface area contributed by atoms with E-state index in [2.05, 4.69) is 27.8 Å². The number of thioether (sulfide) groups is 1. The Labute approximate surface area is 219 Å². The Morgan fingerprint density at radius 3 is 2.49 bits per heavy atom. The molecule has 2 amide bonds. The van der Waals surface area contributed by atoms with Gasteiger partial charge in [-0.15, -0.1) is 10.2 Å². The topological polar surface area (TPSA) is 110 Å². The highest BCUT2D eigenvalue weighted by molar-refractivity contribution is 7.99. The van der Waals surface area contributed by atoms with Crippen LogP contribution < -0.4 is 16.2 Å². The fourth-order valence-electron chi connectivity index (χ4n) is 3.99. The molecule has 2 aromatic carbocycles. The van der Waals surface area contributed by atoms with Crippen molar-refractivity contribution in [3.8, 4) is 0 Å². The van der Waals surface area contributed by atoms with Gasteiger partial charge in [0, 0.05) is 24.3 Å². The largest absolute Gasteiger partial charge is 0.352 e. The lowest BCUT2D eigenvalue weighted by molar-refractivity contribution is -0.113. The molecule has 4 aromatic rings. The quantitative estimate of drug-likeness (QED) is 0.304. The summed E-state index contributed by atoms with van der Waals surface area (Å²) < 4.78 is 3.35. The van der Waals surface area contributed by atoms with E-state index in [1.807, 2.05) is 45.0 Å². The van der Waals surface area contributed by atoms with Crippen LogP contribution in [0.2, 0.25) is 0 Å². The Balaban J connectivity index is 1.67. The number of hydrogen-bond donors (Lipinski definition) is 2. The van der Waals surface area contributed by atoms with Gasteiger partial charge in [-0.05, 0) is 54.7 Å². The fraction of sp³-hybridized carbons (Fsp3) is 0.370. The summed E-state index contributed by atoms with van der Waals surface area (Å²) in [6, 6.07) is 12.8. The number of aromatic nitrogens is 4. The highest BCUT2D eigenvalue weighted by atomic mass is 32.2. The number of benzene rings is 2. The van der Waals surface area contributed by atoms with Gasteiger partial charge >= 0.3 is 0 Å². The molecule has 37 heavy (non-hydrogen) atoms. The van der Waals surface area contributed by atoms with Crippen molar-refractivity contribution in [3.05, 3.63) is 63.9 Å². The van der Waals surface area contributed by atoms with Crippen LogP contribution in [0.5, 0.6) is 0 Å². The molecule has 0 atom stereocenters. The second kappa shape index (κ2) is 11.6. The minimum absolute atomic E-state index is 0.110. The molecule has 9 nitrogen and oxygen atoms in total. The Bertz CT molecular complexity index is 1490. The summed E-state index contributed by atoms with van der Waals surface area (Å²) in [5.74, 6) is 0.425. The van der Waals surface area contributed by atoms with Crippen LogP contribution in [0.1, 0.15) is 50.0 Å². The predicted octanol–water partition coefficient (Wildman–Crippen LogP) is 4.13. The monoisotopic (exact) mass is 520 g/mol. The first-order valence-corrected chi connectivity index (χ1v) is 13.5. The first-order valence-electron chi connectivity index (χ1n) is 12.5. The van der Waals surface area contributed by atoms with Crippen molar-refractivity contribution in [2.24, 2.45) is 5.92 Å². The molecule has 0 aliphatic rings. The average Bonchev–Trinajstić information content (AvgIpc) is 3.32. The molecule has 0 radical (unpaired) electrons. The molecular formula is C27H32N6O3S. The standard InChI is InChI=1S/C27H32N6O3S/c1-5-13-32-25(36)21-12-9-19(24(35)28-15-17(3)4)14-22(21)33-26(32)30-31-27(33)37-16-23(34)29-20-10-7-18(6-2)8-11-20/h7-12,14,17H,5-6,13,15-16H2,1-4H3,(H,28,35)(H,29,34). The molecular weight excluding hydrogens is 488 g/mol. The predicted molar refractivity (Wildman–Crippen MR) is 147 cm³/mol. The average molecular weight is 521 g/mol. The van der Waals surface area contributed by atoms with Gasteiger partial charge < -0.3 is 10.6 Å². The molecule has 0 spiro atoms. The third-order valence-corrected chi connectivity index (χ3v) is 6.86. The van der Waals surface area contributed by atoms with Crippen LogP contribution in [0, 0.1) is 5.92 Å². The van der Waals surface area contributed by atoms with Crippen LogP contribution in [0.4, 0.5) is 5.69 Å². The van der Waals surface area contributed by atoms with Crippen molar-refractivity contribution in [2.45, 2.75) is 52.2 Å². The molecule has 4 rings (SSSR count). The summed E-state index contributed by atoms with van der Waals surface area (Å²) in [4.78, 5) is 38.7. The first kappa shape index (κ1) is 26.4. The van der Waals surface area contributed by atoms with Gasteiger partial charge in [-0.1, -0.05) is 51.6 Å². The van der Waals surface area contributed by atoms with Crippen molar-refractivity contribution in [2.75, 3.05) is 17.6 Å². The molecule has 0 saturated heterocycles. The first-order chi connectivity index (χ1) is 17.8. The van der Waals surface area contributed by atoms with Gasteiger partial charge in [-0.3, -0.25) is 23.4 Å². The highest BCUT2D eigenvalue weighted by Crippen LogP contribution is 2.23. The zero-order valence-corrected chi connectivity index (χ0v) is 22.4. The summed E-state index contributed by atoms with van der Waals surface area (Å²) in [7, 11) is 0. The molecule has 0 fully saturated rings. The molecule has 0 saturated carbocycles. The normalized spacial score (nSPS) is 11.4. The third kappa shape index (κ3) is 5.85. The zero-order valence-electron chi connectivity index (χ0n) is 21.6. The van der Waals surface area contributed by atoms with E-state index in [1.54, 1.807) is 27.2 Å². The second-order valence-electron chi connectivity index (χ2n) is 9.30. The van der Waals surface area contributed by atoms with Gasteiger partial charge in [0.1, 0.15) is 0 Å². The van der Waals surface area contributed by atoms with Gasteiger partial charge in [-0.2, -0.15) is 0 Å². The lowest BCUT2D eigenvalue weighted by atomic mass is 10.1. The molecule has 2 heterocycles. The Kier molecular flexibility index (Phi) is 8.27. The van der Waals surface area contributed by atoms with Crippen LogP contribution in [0.3, 0.4) is 0 Å². The van der Waals surface area contributed by atoms with Crippen LogP contribution in [-0.2, 0) is 17.8 Å². The van der Waals surface area contributed by atoms with E-state index in [9.17, 15) is 14.4 Å². The molecule has 0 bridgehead atoms. The molecule has 2 aromatic heterocycles. The van der Waals surface area contributed by atoms with Crippen molar-refractivity contribution in [1.82, 2.24) is 24.5 Å². The number of carbonyl (C=O) groups excluding carboxylic acids is 2. The summed E-state index contributed by atoms with van der Waals surface area (Å²) >= 11 is 1.23. The maximum absolute atomic E-state index is 13.3. The number of nitrogens with zero attached hydrogens (tertiary/aromatic N) is 4. The van der Waals surface area contributed by atoms with E-state index in [-0.39, 0.29) is 23.1 Å². The second-order valence-corrected chi connectivity index (χ2v) is 10.2. The van der Waals surface area contributed by atoms with E-state index in [0.29, 0.717) is 46.4 Å².